The lowest BCUT2D eigenvalue weighted by atomic mass is 10.2. The normalized spacial score (nSPS) is 10.5. The summed E-state index contributed by atoms with van der Waals surface area (Å²) in [7, 11) is 1.68. The number of methoxy groups -OCH3 is 1. The molecule has 0 saturated heterocycles. The molecule has 0 fully saturated rings. The highest BCUT2D eigenvalue weighted by molar-refractivity contribution is 5.07. The Bertz CT molecular complexity index is 223. The van der Waals surface area contributed by atoms with E-state index >= 15 is 0 Å². The third kappa shape index (κ3) is 2.64. The Kier molecular flexibility index (Phi) is 3.76. The van der Waals surface area contributed by atoms with Gasteiger partial charge in [-0.3, -0.25) is 5.10 Å². The van der Waals surface area contributed by atoms with Gasteiger partial charge < -0.3 is 9.84 Å². The van der Waals surface area contributed by atoms with E-state index < -0.39 is 0 Å². The predicted molar refractivity (Wildman–Crippen MR) is 44.7 cm³/mol. The van der Waals surface area contributed by atoms with Crippen molar-refractivity contribution in [2.45, 2.75) is 19.4 Å². The molecule has 4 nitrogen and oxygen atoms in total. The van der Waals surface area contributed by atoms with Gasteiger partial charge in [-0.25, -0.2) is 0 Å². The monoisotopic (exact) mass is 170 g/mol. The Balaban J connectivity index is 2.31. The van der Waals surface area contributed by atoms with E-state index in [0.717, 1.165) is 30.8 Å². The molecule has 12 heavy (non-hydrogen) atoms. The van der Waals surface area contributed by atoms with Gasteiger partial charge in [0.05, 0.1) is 18.0 Å². The molecule has 1 aromatic heterocycles. The van der Waals surface area contributed by atoms with Gasteiger partial charge in [0.15, 0.2) is 0 Å². The standard InChI is InChI=1S/C8H14N2O2/c1-12-4-2-3-7-5-8(6-11)10-9-7/h5,11H,2-4,6H2,1H3,(H,9,10). The van der Waals surface area contributed by atoms with Gasteiger partial charge in [-0.1, -0.05) is 0 Å². The Morgan fingerprint density at radius 2 is 2.50 bits per heavy atom. The Hall–Kier alpha value is -0.870. The van der Waals surface area contributed by atoms with Crippen LogP contribution in [-0.2, 0) is 17.8 Å². The number of rotatable bonds is 5. The van der Waals surface area contributed by atoms with E-state index in [-0.39, 0.29) is 6.61 Å². The summed E-state index contributed by atoms with van der Waals surface area (Å²) in [5.41, 5.74) is 1.75. The van der Waals surface area contributed by atoms with E-state index in [9.17, 15) is 0 Å². The highest BCUT2D eigenvalue weighted by Gasteiger charge is 1.98. The third-order valence-corrected chi connectivity index (χ3v) is 1.64. The largest absolute Gasteiger partial charge is 0.390 e. The fourth-order valence-electron chi connectivity index (χ4n) is 1.02. The van der Waals surface area contributed by atoms with Crippen molar-refractivity contribution in [1.82, 2.24) is 10.2 Å². The van der Waals surface area contributed by atoms with E-state index in [1.54, 1.807) is 7.11 Å². The number of H-pyrrole nitrogens is 1. The van der Waals surface area contributed by atoms with Crippen LogP contribution < -0.4 is 0 Å². The molecule has 0 aliphatic heterocycles. The molecule has 0 aliphatic carbocycles. The Morgan fingerprint density at radius 1 is 1.67 bits per heavy atom. The summed E-state index contributed by atoms with van der Waals surface area (Å²) in [5.74, 6) is 0. The highest BCUT2D eigenvalue weighted by atomic mass is 16.5. The van der Waals surface area contributed by atoms with Crippen LogP contribution >= 0.6 is 0 Å². The number of ether oxygens (including phenoxy) is 1. The number of aromatic nitrogens is 2. The van der Waals surface area contributed by atoms with Gasteiger partial charge in [-0.2, -0.15) is 5.10 Å². The smallest absolute Gasteiger partial charge is 0.0847 e. The minimum atomic E-state index is 0.0251. The van der Waals surface area contributed by atoms with Crippen LogP contribution in [0.1, 0.15) is 17.8 Å². The molecule has 0 aliphatic rings. The maximum absolute atomic E-state index is 8.73. The molecule has 0 bridgehead atoms. The number of hydrogen-bond donors (Lipinski definition) is 2. The number of nitrogens with zero attached hydrogens (tertiary/aromatic N) is 1. The Morgan fingerprint density at radius 3 is 3.08 bits per heavy atom. The number of aromatic amines is 1. The first-order valence-electron chi connectivity index (χ1n) is 3.99. The highest BCUT2D eigenvalue weighted by Crippen LogP contribution is 2.02. The topological polar surface area (TPSA) is 58.1 Å². The first-order chi connectivity index (χ1) is 5.86. The zero-order chi connectivity index (χ0) is 8.81. The van der Waals surface area contributed by atoms with Crippen molar-refractivity contribution in [1.29, 1.82) is 0 Å². The third-order valence-electron chi connectivity index (χ3n) is 1.64. The molecule has 1 rings (SSSR count). The number of aryl methyl sites for hydroxylation is 1. The first kappa shape index (κ1) is 9.22. The molecule has 0 spiro atoms. The lowest BCUT2D eigenvalue weighted by Crippen LogP contribution is -1.92. The van der Waals surface area contributed by atoms with Crippen molar-refractivity contribution in [2.24, 2.45) is 0 Å². The zero-order valence-electron chi connectivity index (χ0n) is 7.21. The SMILES string of the molecule is COCCCc1cc(CO)[nH]n1. The predicted octanol–water partition coefficient (Wildman–Crippen LogP) is 0.481. The van der Waals surface area contributed by atoms with Crippen molar-refractivity contribution in [3.8, 4) is 0 Å². The van der Waals surface area contributed by atoms with E-state index in [0.29, 0.717) is 0 Å². The zero-order valence-corrected chi connectivity index (χ0v) is 7.21. The summed E-state index contributed by atoms with van der Waals surface area (Å²) >= 11 is 0. The summed E-state index contributed by atoms with van der Waals surface area (Å²) in [6.45, 7) is 0.776. The van der Waals surface area contributed by atoms with Crippen molar-refractivity contribution in [2.75, 3.05) is 13.7 Å². The maximum atomic E-state index is 8.73. The second kappa shape index (κ2) is 4.90. The molecular formula is C8H14N2O2. The van der Waals surface area contributed by atoms with Crippen molar-refractivity contribution >= 4 is 0 Å². The molecule has 0 saturated carbocycles. The van der Waals surface area contributed by atoms with Crippen molar-refractivity contribution in [3.63, 3.8) is 0 Å². The summed E-state index contributed by atoms with van der Waals surface area (Å²) in [4.78, 5) is 0. The van der Waals surface area contributed by atoms with E-state index in [4.69, 9.17) is 9.84 Å². The maximum Gasteiger partial charge on any atom is 0.0847 e. The molecule has 4 heteroatoms. The van der Waals surface area contributed by atoms with E-state index in [1.165, 1.54) is 0 Å². The van der Waals surface area contributed by atoms with Gasteiger partial charge in [-0.15, -0.1) is 0 Å². The minimum Gasteiger partial charge on any atom is -0.390 e. The quantitative estimate of drug-likeness (QED) is 0.632. The van der Waals surface area contributed by atoms with E-state index in [1.807, 2.05) is 6.07 Å². The number of aliphatic hydroxyl groups is 1. The fraction of sp³-hybridized carbons (Fsp3) is 0.625. The lowest BCUT2D eigenvalue weighted by molar-refractivity contribution is 0.195. The Labute approximate surface area is 71.6 Å². The summed E-state index contributed by atoms with van der Waals surface area (Å²) < 4.78 is 4.91. The molecule has 1 heterocycles. The van der Waals surface area contributed by atoms with Crippen LogP contribution in [-0.4, -0.2) is 29.0 Å². The fourth-order valence-corrected chi connectivity index (χ4v) is 1.02. The minimum absolute atomic E-state index is 0.0251. The van der Waals surface area contributed by atoms with Crippen LogP contribution in [0, 0.1) is 0 Å². The van der Waals surface area contributed by atoms with Gasteiger partial charge in [0.25, 0.3) is 0 Å². The number of nitrogens with one attached hydrogen (secondary N) is 1. The van der Waals surface area contributed by atoms with Crippen LogP contribution in [0.25, 0.3) is 0 Å². The van der Waals surface area contributed by atoms with Gasteiger partial charge in [0, 0.05) is 13.7 Å². The average molecular weight is 170 g/mol. The molecule has 0 amide bonds. The van der Waals surface area contributed by atoms with Crippen LogP contribution in [0.15, 0.2) is 6.07 Å². The first-order valence-corrected chi connectivity index (χ1v) is 3.99. The average Bonchev–Trinajstić information content (AvgIpc) is 2.53. The van der Waals surface area contributed by atoms with Gasteiger partial charge in [-0.05, 0) is 18.9 Å². The molecule has 0 radical (unpaired) electrons. The van der Waals surface area contributed by atoms with Gasteiger partial charge >= 0.3 is 0 Å². The lowest BCUT2D eigenvalue weighted by Gasteiger charge is -1.94. The van der Waals surface area contributed by atoms with Crippen LogP contribution in [0.4, 0.5) is 0 Å². The second-order valence-electron chi connectivity index (χ2n) is 2.64. The molecule has 0 unspecified atom stereocenters. The van der Waals surface area contributed by atoms with Crippen molar-refractivity contribution < 1.29 is 9.84 Å². The number of hydrogen-bond acceptors (Lipinski definition) is 3. The summed E-state index contributed by atoms with van der Waals surface area (Å²) in [6, 6.07) is 1.87. The molecule has 2 N–H and O–H groups in total. The second-order valence-corrected chi connectivity index (χ2v) is 2.64. The van der Waals surface area contributed by atoms with E-state index in [2.05, 4.69) is 10.2 Å². The molecule has 68 valence electrons. The van der Waals surface area contributed by atoms with Crippen molar-refractivity contribution in [3.05, 3.63) is 17.5 Å². The summed E-state index contributed by atoms with van der Waals surface area (Å²) in [5, 5.41) is 15.5. The van der Waals surface area contributed by atoms with Gasteiger partial charge in [0.1, 0.15) is 0 Å². The molecule has 1 aromatic rings. The number of aliphatic hydroxyl groups excluding tert-OH is 1. The van der Waals surface area contributed by atoms with Crippen LogP contribution in [0.5, 0.6) is 0 Å². The summed E-state index contributed by atoms with van der Waals surface area (Å²) in [6.07, 6.45) is 1.86. The molecule has 0 atom stereocenters. The van der Waals surface area contributed by atoms with Gasteiger partial charge in [0.2, 0.25) is 0 Å². The van der Waals surface area contributed by atoms with Crippen LogP contribution in [0.2, 0.25) is 0 Å². The van der Waals surface area contributed by atoms with Crippen LogP contribution in [0.3, 0.4) is 0 Å². The molecule has 0 aromatic carbocycles. The molecular weight excluding hydrogens is 156 g/mol.